The van der Waals surface area contributed by atoms with Gasteiger partial charge in [-0.1, -0.05) is 18.2 Å². The average molecular weight is 283 g/mol. The van der Waals surface area contributed by atoms with Gasteiger partial charge in [0, 0.05) is 5.56 Å². The fourth-order valence-corrected chi connectivity index (χ4v) is 1.90. The lowest BCUT2D eigenvalue weighted by Gasteiger charge is -2.07. The van der Waals surface area contributed by atoms with Crippen molar-refractivity contribution < 1.29 is 23.7 Å². The van der Waals surface area contributed by atoms with Crippen LogP contribution in [0.4, 0.5) is 0 Å². The molecule has 0 unspecified atom stereocenters. The van der Waals surface area contributed by atoms with Crippen LogP contribution in [0.15, 0.2) is 36.4 Å². The van der Waals surface area contributed by atoms with E-state index in [1.54, 1.807) is 24.3 Å². The summed E-state index contributed by atoms with van der Waals surface area (Å²) in [6.07, 6.45) is 0.736. The van der Waals surface area contributed by atoms with Crippen molar-refractivity contribution in [3.8, 4) is 5.75 Å². The third-order valence-corrected chi connectivity index (χ3v) is 2.64. The standard InChI is InChI=1S/C11H9O5P.CH5N/c12-7-8-1-2-10-6-11(16-17(13,14)15)4-3-9(10)5-8;1-2/h1-7H,(H2,13,14,15);2H2,1H3. The Kier molecular flexibility index (Phi) is 5.20. The number of nitrogens with two attached hydrogens (primary N) is 1. The van der Waals surface area contributed by atoms with Gasteiger partial charge in [-0.2, -0.15) is 0 Å². The van der Waals surface area contributed by atoms with Crippen molar-refractivity contribution in [1.29, 1.82) is 0 Å². The van der Waals surface area contributed by atoms with E-state index in [0.717, 1.165) is 17.1 Å². The summed E-state index contributed by atoms with van der Waals surface area (Å²) >= 11 is 0. The third-order valence-electron chi connectivity index (χ3n) is 2.20. The van der Waals surface area contributed by atoms with Gasteiger partial charge in [0.1, 0.15) is 12.0 Å². The number of fused-ring (bicyclic) bond motifs is 1. The predicted molar refractivity (Wildman–Crippen MR) is 72.1 cm³/mol. The summed E-state index contributed by atoms with van der Waals surface area (Å²) in [5.41, 5.74) is 5.04. The summed E-state index contributed by atoms with van der Waals surface area (Å²) in [4.78, 5) is 27.9. The summed E-state index contributed by atoms with van der Waals surface area (Å²) in [6.45, 7) is 0. The van der Waals surface area contributed by atoms with E-state index in [1.807, 2.05) is 0 Å². The largest absolute Gasteiger partial charge is 0.524 e. The van der Waals surface area contributed by atoms with E-state index in [9.17, 15) is 9.36 Å². The van der Waals surface area contributed by atoms with Crippen LogP contribution in [0.2, 0.25) is 0 Å². The number of carbonyl (C=O) groups is 1. The first kappa shape index (κ1) is 15.3. The van der Waals surface area contributed by atoms with Crippen LogP contribution in [0.3, 0.4) is 0 Å². The number of hydrogen-bond acceptors (Lipinski definition) is 4. The Morgan fingerprint density at radius 2 is 1.68 bits per heavy atom. The molecule has 0 aliphatic carbocycles. The number of carbonyl (C=O) groups excluding carboxylic acids is 1. The second-order valence-electron chi connectivity index (χ2n) is 3.47. The molecule has 4 N–H and O–H groups in total. The third kappa shape index (κ3) is 4.46. The second-order valence-corrected chi connectivity index (χ2v) is 4.63. The molecule has 0 saturated heterocycles. The first-order valence-electron chi connectivity index (χ1n) is 5.30. The molecule has 7 heteroatoms. The van der Waals surface area contributed by atoms with Gasteiger partial charge in [0.05, 0.1) is 0 Å². The van der Waals surface area contributed by atoms with Crippen molar-refractivity contribution in [3.63, 3.8) is 0 Å². The maximum atomic E-state index is 10.7. The molecule has 0 aliphatic heterocycles. The van der Waals surface area contributed by atoms with E-state index >= 15 is 0 Å². The van der Waals surface area contributed by atoms with Gasteiger partial charge in [0.2, 0.25) is 0 Å². The monoisotopic (exact) mass is 283 g/mol. The molecular weight excluding hydrogens is 269 g/mol. The first-order chi connectivity index (χ1) is 8.98. The minimum absolute atomic E-state index is 0.0877. The molecule has 19 heavy (non-hydrogen) atoms. The van der Waals surface area contributed by atoms with Crippen molar-refractivity contribution in [2.45, 2.75) is 0 Å². The van der Waals surface area contributed by atoms with Gasteiger partial charge in [-0.25, -0.2) is 4.57 Å². The van der Waals surface area contributed by atoms with Crippen LogP contribution in [0.5, 0.6) is 5.75 Å². The normalized spacial score (nSPS) is 10.5. The van der Waals surface area contributed by atoms with E-state index < -0.39 is 7.82 Å². The quantitative estimate of drug-likeness (QED) is 0.584. The molecule has 0 fully saturated rings. The summed E-state index contributed by atoms with van der Waals surface area (Å²) in [5.74, 6) is 0.0877. The zero-order chi connectivity index (χ0) is 14.5. The first-order valence-corrected chi connectivity index (χ1v) is 6.83. The molecule has 0 heterocycles. The molecule has 0 bridgehead atoms. The average Bonchev–Trinajstić information content (AvgIpc) is 2.38. The lowest BCUT2D eigenvalue weighted by Crippen LogP contribution is -1.90. The smallest absolute Gasteiger partial charge is 0.404 e. The van der Waals surface area contributed by atoms with Gasteiger partial charge in [-0.3, -0.25) is 14.6 Å². The predicted octanol–water partition coefficient (Wildman–Crippen LogP) is 1.70. The molecule has 0 amide bonds. The number of rotatable bonds is 3. The minimum Gasteiger partial charge on any atom is -0.404 e. The SMILES string of the molecule is CN.O=Cc1ccc2cc(OP(=O)(O)O)ccc2c1. The second kappa shape index (κ2) is 6.45. The fraction of sp³-hybridized carbons (Fsp3) is 0.0833. The number of benzene rings is 2. The molecule has 2 rings (SSSR count). The molecule has 2 aromatic rings. The Balaban J connectivity index is 0.000000861. The summed E-state index contributed by atoms with van der Waals surface area (Å²) < 4.78 is 15.1. The maximum Gasteiger partial charge on any atom is 0.524 e. The Morgan fingerprint density at radius 3 is 2.26 bits per heavy atom. The van der Waals surface area contributed by atoms with Crippen LogP contribution >= 0.6 is 7.82 Å². The number of phosphoric acid groups is 1. The number of hydrogen-bond donors (Lipinski definition) is 3. The number of phosphoric ester groups is 1. The Bertz CT molecular complexity index is 623. The van der Waals surface area contributed by atoms with Crippen LogP contribution in [0.1, 0.15) is 10.4 Å². The molecule has 0 spiro atoms. The van der Waals surface area contributed by atoms with Gasteiger partial charge in [-0.15, -0.1) is 0 Å². The summed E-state index contributed by atoms with van der Waals surface area (Å²) in [6, 6.07) is 9.57. The summed E-state index contributed by atoms with van der Waals surface area (Å²) in [5, 5.41) is 1.54. The summed E-state index contributed by atoms with van der Waals surface area (Å²) in [7, 11) is -3.04. The lowest BCUT2D eigenvalue weighted by atomic mass is 10.1. The molecule has 6 nitrogen and oxygen atoms in total. The highest BCUT2D eigenvalue weighted by molar-refractivity contribution is 7.46. The van der Waals surface area contributed by atoms with Gasteiger partial charge >= 0.3 is 7.82 Å². The van der Waals surface area contributed by atoms with Gasteiger partial charge < -0.3 is 10.3 Å². The molecule has 102 valence electrons. The molecular formula is C12H14NO5P. The van der Waals surface area contributed by atoms with E-state index in [0.29, 0.717) is 5.56 Å². The minimum atomic E-state index is -4.54. The Morgan fingerprint density at radius 1 is 1.11 bits per heavy atom. The Labute approximate surface area is 110 Å². The van der Waals surface area contributed by atoms with Crippen molar-refractivity contribution in [2.24, 2.45) is 5.73 Å². The highest BCUT2D eigenvalue weighted by Crippen LogP contribution is 2.38. The lowest BCUT2D eigenvalue weighted by molar-refractivity contribution is 0.112. The van der Waals surface area contributed by atoms with Crippen LogP contribution in [-0.4, -0.2) is 23.1 Å². The van der Waals surface area contributed by atoms with Crippen molar-refractivity contribution in [3.05, 3.63) is 42.0 Å². The topological polar surface area (TPSA) is 110 Å². The molecule has 0 aliphatic rings. The fourth-order valence-electron chi connectivity index (χ4n) is 1.51. The molecule has 0 aromatic heterocycles. The van der Waals surface area contributed by atoms with Crippen molar-refractivity contribution >= 4 is 24.9 Å². The van der Waals surface area contributed by atoms with Gasteiger partial charge in [0.25, 0.3) is 0 Å². The van der Waals surface area contributed by atoms with Gasteiger partial charge in [0.15, 0.2) is 0 Å². The van der Waals surface area contributed by atoms with E-state index in [4.69, 9.17) is 9.79 Å². The zero-order valence-corrected chi connectivity index (χ0v) is 11.1. The van der Waals surface area contributed by atoms with Gasteiger partial charge in [-0.05, 0) is 36.0 Å². The molecule has 0 radical (unpaired) electrons. The van der Waals surface area contributed by atoms with E-state index in [2.05, 4.69) is 10.3 Å². The number of aldehydes is 1. The highest BCUT2D eigenvalue weighted by Gasteiger charge is 2.15. The van der Waals surface area contributed by atoms with E-state index in [1.165, 1.54) is 19.2 Å². The molecule has 2 aromatic carbocycles. The highest BCUT2D eigenvalue weighted by atomic mass is 31.2. The molecule has 0 atom stereocenters. The zero-order valence-electron chi connectivity index (χ0n) is 10.2. The van der Waals surface area contributed by atoms with Crippen LogP contribution in [0.25, 0.3) is 10.8 Å². The van der Waals surface area contributed by atoms with Crippen LogP contribution in [-0.2, 0) is 4.57 Å². The van der Waals surface area contributed by atoms with Crippen molar-refractivity contribution in [1.82, 2.24) is 0 Å². The van der Waals surface area contributed by atoms with Crippen LogP contribution < -0.4 is 10.3 Å². The van der Waals surface area contributed by atoms with Crippen LogP contribution in [0, 0.1) is 0 Å². The van der Waals surface area contributed by atoms with E-state index in [-0.39, 0.29) is 5.75 Å². The maximum absolute atomic E-state index is 10.7. The van der Waals surface area contributed by atoms with Crippen molar-refractivity contribution in [2.75, 3.05) is 7.05 Å². The molecule has 0 saturated carbocycles. The Hall–Kier alpha value is -1.72.